The van der Waals surface area contributed by atoms with Gasteiger partial charge < -0.3 is 0 Å². The smallest absolute Gasteiger partial charge is 0.284 e. The van der Waals surface area contributed by atoms with Crippen molar-refractivity contribution in [2.24, 2.45) is 0 Å². The van der Waals surface area contributed by atoms with Crippen LogP contribution in [-0.4, -0.2) is 18.2 Å². The highest BCUT2D eigenvalue weighted by Crippen LogP contribution is 2.32. The van der Waals surface area contributed by atoms with E-state index in [-0.39, 0.29) is 5.57 Å². The minimum atomic E-state index is -4.82. The molecule has 1 aromatic rings. The van der Waals surface area contributed by atoms with Gasteiger partial charge in [0.15, 0.2) is 0 Å². The maximum atomic E-state index is 12.3. The van der Waals surface area contributed by atoms with Crippen molar-refractivity contribution in [1.29, 1.82) is 0 Å². The van der Waals surface area contributed by atoms with E-state index >= 15 is 0 Å². The highest BCUT2D eigenvalue weighted by molar-refractivity contribution is 8.07. The summed E-state index contributed by atoms with van der Waals surface area (Å²) in [5, 5.41) is 0. The zero-order chi connectivity index (χ0) is 13.1. The predicted octanol–water partition coefficient (Wildman–Crippen LogP) is 3.91. The number of carbonyl (C=O) groups is 1. The Kier molecular flexibility index (Phi) is 4.40. The molecular weight excluding hydrogens is 249 g/mol. The van der Waals surface area contributed by atoms with Crippen molar-refractivity contribution in [2.75, 3.05) is 6.26 Å². The van der Waals surface area contributed by atoms with Gasteiger partial charge in [-0.2, -0.15) is 13.2 Å². The van der Waals surface area contributed by atoms with E-state index in [1.54, 1.807) is 36.6 Å². The lowest BCUT2D eigenvalue weighted by Gasteiger charge is -2.11. The molecular formula is C12H11F3OS. The fourth-order valence-corrected chi connectivity index (χ4v) is 2.16. The number of rotatable bonds is 3. The van der Waals surface area contributed by atoms with Gasteiger partial charge >= 0.3 is 6.18 Å². The molecule has 0 aliphatic rings. The zero-order valence-corrected chi connectivity index (χ0v) is 10.2. The lowest BCUT2D eigenvalue weighted by molar-refractivity contribution is -0.166. The number of allylic oxidation sites excluding steroid dienone is 1. The normalized spacial score (nSPS) is 13.2. The second-order valence-corrected chi connectivity index (χ2v) is 4.17. The van der Waals surface area contributed by atoms with Gasteiger partial charge in [0.25, 0.3) is 5.78 Å². The number of Topliss-reactive ketones (excluding diaryl/α,β-unsaturated/α-hetero) is 1. The number of thioether (sulfide) groups is 1. The van der Waals surface area contributed by atoms with Gasteiger partial charge in [-0.3, -0.25) is 4.79 Å². The molecule has 0 atom stereocenters. The van der Waals surface area contributed by atoms with E-state index < -0.39 is 12.0 Å². The average Bonchev–Trinajstić information content (AvgIpc) is 2.29. The number of benzene rings is 1. The number of hydrogen-bond donors (Lipinski definition) is 0. The molecule has 0 saturated heterocycles. The summed E-state index contributed by atoms with van der Waals surface area (Å²) in [5.41, 5.74) is 0.353. The minimum Gasteiger partial charge on any atom is -0.284 e. The molecule has 5 heteroatoms. The first-order valence-electron chi connectivity index (χ1n) is 4.79. The molecule has 0 bridgehead atoms. The van der Waals surface area contributed by atoms with Crippen LogP contribution in [0.25, 0.3) is 4.91 Å². The van der Waals surface area contributed by atoms with Crippen molar-refractivity contribution < 1.29 is 18.0 Å². The molecule has 0 aliphatic heterocycles. The lowest BCUT2D eigenvalue weighted by Crippen LogP contribution is -2.24. The van der Waals surface area contributed by atoms with Crippen LogP contribution in [0.15, 0.2) is 35.9 Å². The van der Waals surface area contributed by atoms with Gasteiger partial charge in [0.2, 0.25) is 0 Å². The highest BCUT2D eigenvalue weighted by Gasteiger charge is 2.40. The standard InChI is InChI=1S/C12H11F3OS/c1-8(11(16)12(13,14)15)10(17-2)9-6-4-3-5-7-9/h3-7H,1-2H3/b10-8-. The van der Waals surface area contributed by atoms with Gasteiger partial charge in [-0.15, -0.1) is 11.8 Å². The fourth-order valence-electron chi connectivity index (χ4n) is 1.39. The number of ketones is 1. The Labute approximate surface area is 102 Å². The molecule has 0 radical (unpaired) electrons. The summed E-state index contributed by atoms with van der Waals surface area (Å²) in [4.78, 5) is 11.5. The first-order valence-corrected chi connectivity index (χ1v) is 6.02. The van der Waals surface area contributed by atoms with Gasteiger partial charge in [0, 0.05) is 10.5 Å². The van der Waals surface area contributed by atoms with Crippen LogP contribution < -0.4 is 0 Å². The number of alkyl halides is 3. The summed E-state index contributed by atoms with van der Waals surface area (Å²) in [6.07, 6.45) is -3.17. The minimum absolute atomic E-state index is 0.267. The zero-order valence-electron chi connectivity index (χ0n) is 9.34. The molecule has 0 unspecified atom stereocenters. The van der Waals surface area contributed by atoms with Gasteiger partial charge in [-0.05, 0) is 18.7 Å². The summed E-state index contributed by atoms with van der Waals surface area (Å²) < 4.78 is 37.0. The van der Waals surface area contributed by atoms with Crippen LogP contribution in [0.3, 0.4) is 0 Å². The van der Waals surface area contributed by atoms with Crippen LogP contribution in [0.4, 0.5) is 13.2 Å². The monoisotopic (exact) mass is 260 g/mol. The molecule has 0 fully saturated rings. The summed E-state index contributed by atoms with van der Waals surface area (Å²) in [6, 6.07) is 8.56. The second kappa shape index (κ2) is 5.40. The van der Waals surface area contributed by atoms with Crippen molar-refractivity contribution in [3.05, 3.63) is 41.5 Å². The van der Waals surface area contributed by atoms with Gasteiger partial charge in [0.1, 0.15) is 0 Å². The molecule has 0 spiro atoms. The van der Waals surface area contributed by atoms with E-state index in [9.17, 15) is 18.0 Å². The average molecular weight is 260 g/mol. The van der Waals surface area contributed by atoms with Crippen LogP contribution >= 0.6 is 11.8 Å². The van der Waals surface area contributed by atoms with Crippen LogP contribution in [0.5, 0.6) is 0 Å². The summed E-state index contributed by atoms with van der Waals surface area (Å²) in [7, 11) is 0. The van der Waals surface area contributed by atoms with Crippen LogP contribution in [0.1, 0.15) is 12.5 Å². The summed E-state index contributed by atoms with van der Waals surface area (Å²) >= 11 is 1.13. The molecule has 0 amide bonds. The quantitative estimate of drug-likeness (QED) is 0.766. The topological polar surface area (TPSA) is 17.1 Å². The first kappa shape index (κ1) is 13.8. The number of halogens is 3. The Morgan fingerprint density at radius 1 is 1.18 bits per heavy atom. The molecule has 0 heterocycles. The Hall–Kier alpha value is -1.23. The molecule has 92 valence electrons. The fraction of sp³-hybridized carbons (Fsp3) is 0.250. The summed E-state index contributed by atoms with van der Waals surface area (Å²) in [6.45, 7) is 1.20. The number of hydrogen-bond acceptors (Lipinski definition) is 2. The van der Waals surface area contributed by atoms with Crippen LogP contribution in [-0.2, 0) is 4.79 Å². The third kappa shape index (κ3) is 3.36. The maximum Gasteiger partial charge on any atom is 0.454 e. The van der Waals surface area contributed by atoms with E-state index in [1.807, 2.05) is 0 Å². The second-order valence-electron chi connectivity index (χ2n) is 3.35. The Morgan fingerprint density at radius 2 is 1.71 bits per heavy atom. The molecule has 0 aliphatic carbocycles. The predicted molar refractivity (Wildman–Crippen MR) is 63.6 cm³/mol. The molecule has 0 aromatic heterocycles. The SMILES string of the molecule is CS/C(=C(/C)C(=O)C(F)(F)F)c1ccccc1. The molecule has 1 rings (SSSR count). The van der Waals surface area contributed by atoms with Crippen molar-refractivity contribution in [2.45, 2.75) is 13.1 Å². The lowest BCUT2D eigenvalue weighted by atomic mass is 10.1. The molecule has 1 nitrogen and oxygen atoms in total. The van der Waals surface area contributed by atoms with Gasteiger partial charge in [0.05, 0.1) is 0 Å². The third-order valence-electron chi connectivity index (χ3n) is 2.18. The van der Waals surface area contributed by atoms with Crippen molar-refractivity contribution >= 4 is 22.5 Å². The van der Waals surface area contributed by atoms with Gasteiger partial charge in [-0.1, -0.05) is 30.3 Å². The Morgan fingerprint density at radius 3 is 2.12 bits per heavy atom. The van der Waals surface area contributed by atoms with Crippen molar-refractivity contribution in [3.8, 4) is 0 Å². The van der Waals surface area contributed by atoms with Gasteiger partial charge in [-0.25, -0.2) is 0 Å². The molecule has 17 heavy (non-hydrogen) atoms. The van der Waals surface area contributed by atoms with Crippen LogP contribution in [0, 0.1) is 0 Å². The van der Waals surface area contributed by atoms with Crippen LogP contribution in [0.2, 0.25) is 0 Å². The van der Waals surface area contributed by atoms with E-state index in [1.165, 1.54) is 6.92 Å². The molecule has 0 N–H and O–H groups in total. The van der Waals surface area contributed by atoms with Crippen molar-refractivity contribution in [3.63, 3.8) is 0 Å². The third-order valence-corrected chi connectivity index (χ3v) is 3.13. The molecule has 1 aromatic carbocycles. The summed E-state index contributed by atoms with van der Waals surface area (Å²) in [5.74, 6) is -1.79. The highest BCUT2D eigenvalue weighted by atomic mass is 32.2. The van der Waals surface area contributed by atoms with E-state index in [2.05, 4.69) is 0 Å². The van der Waals surface area contributed by atoms with E-state index in [4.69, 9.17) is 0 Å². The van der Waals surface area contributed by atoms with Crippen molar-refractivity contribution in [1.82, 2.24) is 0 Å². The van der Waals surface area contributed by atoms with E-state index in [0.717, 1.165) is 11.8 Å². The Balaban J connectivity index is 3.21. The van der Waals surface area contributed by atoms with E-state index in [0.29, 0.717) is 10.5 Å². The first-order chi connectivity index (χ1) is 7.88. The maximum absolute atomic E-state index is 12.3. The Bertz CT molecular complexity index is 435. The molecule has 0 saturated carbocycles. The largest absolute Gasteiger partial charge is 0.454 e. The number of carbonyl (C=O) groups excluding carboxylic acids is 1.